The molecule has 3 nitrogen and oxygen atoms in total. The number of aryl methyl sites for hydroxylation is 1. The molecule has 0 fully saturated rings. The lowest BCUT2D eigenvalue weighted by atomic mass is 10.0. The third kappa shape index (κ3) is 1.25. The molecule has 0 aromatic heterocycles. The van der Waals surface area contributed by atoms with Crippen LogP contribution in [0.3, 0.4) is 0 Å². The summed E-state index contributed by atoms with van der Waals surface area (Å²) in [5.41, 5.74) is 7.57. The topological polar surface area (TPSA) is 70.1 Å². The Bertz CT molecular complexity index is 332. The second-order valence-corrected chi connectivity index (χ2v) is 2.82. The van der Waals surface area contributed by atoms with Crippen LogP contribution >= 0.6 is 0 Å². The van der Waals surface area contributed by atoms with Crippen molar-refractivity contribution in [3.8, 4) is 5.75 Å². The quantitative estimate of drug-likeness (QED) is 0.432. The lowest BCUT2D eigenvalue weighted by Gasteiger charge is -2.08. The maximum absolute atomic E-state index is 9.32. The van der Waals surface area contributed by atoms with Gasteiger partial charge in [0.2, 0.25) is 0 Å². The molecule has 1 rings (SSSR count). The zero-order valence-electron chi connectivity index (χ0n) is 7.18. The molecule has 0 aliphatic heterocycles. The number of amidine groups is 1. The molecule has 0 saturated heterocycles. The Kier molecular flexibility index (Phi) is 2.04. The lowest BCUT2D eigenvalue weighted by Crippen LogP contribution is -2.14. The van der Waals surface area contributed by atoms with E-state index in [4.69, 9.17) is 11.1 Å². The molecule has 0 unspecified atom stereocenters. The van der Waals surface area contributed by atoms with Gasteiger partial charge < -0.3 is 10.8 Å². The van der Waals surface area contributed by atoms with Gasteiger partial charge >= 0.3 is 0 Å². The van der Waals surface area contributed by atoms with E-state index < -0.39 is 0 Å². The Morgan fingerprint density at radius 1 is 1.42 bits per heavy atom. The van der Waals surface area contributed by atoms with Crippen molar-refractivity contribution >= 4 is 5.84 Å². The number of phenols is 1. The summed E-state index contributed by atoms with van der Waals surface area (Å²) >= 11 is 0. The zero-order valence-corrected chi connectivity index (χ0v) is 7.18. The second-order valence-electron chi connectivity index (χ2n) is 2.82. The number of benzene rings is 1. The Labute approximate surface area is 71.3 Å². The van der Waals surface area contributed by atoms with Crippen LogP contribution in [-0.4, -0.2) is 10.9 Å². The van der Waals surface area contributed by atoms with Gasteiger partial charge in [0.1, 0.15) is 11.6 Å². The van der Waals surface area contributed by atoms with Gasteiger partial charge in [-0.15, -0.1) is 0 Å². The summed E-state index contributed by atoms with van der Waals surface area (Å²) in [6.45, 7) is 3.61. The molecule has 1 aromatic rings. The first-order valence-corrected chi connectivity index (χ1v) is 3.67. The van der Waals surface area contributed by atoms with Gasteiger partial charge in [-0.2, -0.15) is 0 Å². The fourth-order valence-electron chi connectivity index (χ4n) is 1.25. The zero-order chi connectivity index (χ0) is 9.30. The van der Waals surface area contributed by atoms with E-state index in [-0.39, 0.29) is 11.6 Å². The largest absolute Gasteiger partial charge is 0.508 e. The average Bonchev–Trinajstić information content (AvgIpc) is 1.97. The van der Waals surface area contributed by atoms with Crippen LogP contribution in [0, 0.1) is 19.3 Å². The van der Waals surface area contributed by atoms with Crippen molar-refractivity contribution in [1.29, 1.82) is 5.41 Å². The van der Waals surface area contributed by atoms with Crippen LogP contribution in [0.2, 0.25) is 0 Å². The summed E-state index contributed by atoms with van der Waals surface area (Å²) in [7, 11) is 0. The van der Waals surface area contributed by atoms with Crippen molar-refractivity contribution in [1.82, 2.24) is 0 Å². The van der Waals surface area contributed by atoms with E-state index in [2.05, 4.69) is 0 Å². The predicted molar refractivity (Wildman–Crippen MR) is 48.6 cm³/mol. The average molecular weight is 164 g/mol. The molecule has 0 radical (unpaired) electrons. The minimum absolute atomic E-state index is 0.000833. The van der Waals surface area contributed by atoms with Crippen molar-refractivity contribution < 1.29 is 5.11 Å². The summed E-state index contributed by atoms with van der Waals surface area (Å²) in [4.78, 5) is 0. The number of hydrogen-bond acceptors (Lipinski definition) is 2. The molecule has 0 spiro atoms. The Morgan fingerprint density at radius 3 is 2.42 bits per heavy atom. The van der Waals surface area contributed by atoms with E-state index in [0.29, 0.717) is 11.1 Å². The van der Waals surface area contributed by atoms with Crippen LogP contribution < -0.4 is 5.73 Å². The molecule has 0 aliphatic carbocycles. The monoisotopic (exact) mass is 164 g/mol. The fourth-order valence-corrected chi connectivity index (χ4v) is 1.25. The molecule has 0 saturated carbocycles. The maximum atomic E-state index is 9.32. The molecular formula is C9H12N2O. The summed E-state index contributed by atoms with van der Waals surface area (Å²) in [5, 5.41) is 16.6. The van der Waals surface area contributed by atoms with Gasteiger partial charge in [0.15, 0.2) is 0 Å². The highest BCUT2D eigenvalue weighted by Gasteiger charge is 2.08. The molecule has 0 amide bonds. The molecule has 64 valence electrons. The molecule has 3 heteroatoms. The van der Waals surface area contributed by atoms with E-state index in [1.54, 1.807) is 19.1 Å². The Balaban J connectivity index is 3.43. The summed E-state index contributed by atoms with van der Waals surface area (Å²) in [6.07, 6.45) is 0. The molecule has 4 N–H and O–H groups in total. The van der Waals surface area contributed by atoms with Gasteiger partial charge in [-0.25, -0.2) is 0 Å². The fraction of sp³-hybridized carbons (Fsp3) is 0.222. The van der Waals surface area contributed by atoms with Gasteiger partial charge in [0.05, 0.1) is 0 Å². The Hall–Kier alpha value is -1.51. The number of phenolic OH excluding ortho intramolecular Hbond substituents is 1. The first-order chi connectivity index (χ1) is 5.54. The minimum Gasteiger partial charge on any atom is -0.508 e. The third-order valence-corrected chi connectivity index (χ3v) is 1.91. The van der Waals surface area contributed by atoms with Gasteiger partial charge in [-0.1, -0.05) is 6.07 Å². The van der Waals surface area contributed by atoms with Gasteiger partial charge in [-0.05, 0) is 25.5 Å². The van der Waals surface area contributed by atoms with Gasteiger partial charge in [0, 0.05) is 11.1 Å². The number of aromatic hydroxyl groups is 1. The van der Waals surface area contributed by atoms with Crippen LogP contribution in [0.4, 0.5) is 0 Å². The van der Waals surface area contributed by atoms with E-state index in [1.165, 1.54) is 0 Å². The van der Waals surface area contributed by atoms with Crippen molar-refractivity contribution in [2.45, 2.75) is 13.8 Å². The van der Waals surface area contributed by atoms with Crippen molar-refractivity contribution in [3.63, 3.8) is 0 Å². The SMILES string of the molecule is Cc1ccc(O)c(C)c1C(=N)N. The second kappa shape index (κ2) is 2.85. The lowest BCUT2D eigenvalue weighted by molar-refractivity contribution is 0.471. The number of hydrogen-bond donors (Lipinski definition) is 3. The molecule has 0 bridgehead atoms. The molecule has 0 atom stereocenters. The van der Waals surface area contributed by atoms with Crippen molar-refractivity contribution in [2.24, 2.45) is 5.73 Å². The molecule has 0 heterocycles. The van der Waals surface area contributed by atoms with E-state index in [1.807, 2.05) is 6.92 Å². The van der Waals surface area contributed by atoms with E-state index >= 15 is 0 Å². The van der Waals surface area contributed by atoms with Crippen LogP contribution in [0.1, 0.15) is 16.7 Å². The molecule has 1 aromatic carbocycles. The number of nitrogens with one attached hydrogen (secondary N) is 1. The summed E-state index contributed by atoms with van der Waals surface area (Å²) in [5.74, 6) is 0.187. The normalized spacial score (nSPS) is 9.83. The van der Waals surface area contributed by atoms with Crippen LogP contribution in [0.15, 0.2) is 12.1 Å². The van der Waals surface area contributed by atoms with E-state index in [0.717, 1.165) is 5.56 Å². The Morgan fingerprint density at radius 2 is 2.00 bits per heavy atom. The van der Waals surface area contributed by atoms with Crippen LogP contribution in [0.25, 0.3) is 0 Å². The summed E-state index contributed by atoms with van der Waals surface area (Å²) in [6, 6.07) is 3.36. The highest BCUT2D eigenvalue weighted by molar-refractivity contribution is 5.98. The van der Waals surface area contributed by atoms with Crippen molar-refractivity contribution in [3.05, 3.63) is 28.8 Å². The number of nitrogen functional groups attached to an aromatic ring is 1. The minimum atomic E-state index is 0.000833. The van der Waals surface area contributed by atoms with Gasteiger partial charge in [-0.3, -0.25) is 5.41 Å². The first-order valence-electron chi connectivity index (χ1n) is 3.67. The van der Waals surface area contributed by atoms with E-state index in [9.17, 15) is 5.11 Å². The van der Waals surface area contributed by atoms with Crippen LogP contribution in [-0.2, 0) is 0 Å². The maximum Gasteiger partial charge on any atom is 0.123 e. The summed E-state index contributed by atoms with van der Waals surface area (Å²) < 4.78 is 0. The van der Waals surface area contributed by atoms with Gasteiger partial charge in [0.25, 0.3) is 0 Å². The number of nitrogens with two attached hydrogens (primary N) is 1. The smallest absolute Gasteiger partial charge is 0.123 e. The van der Waals surface area contributed by atoms with Crippen molar-refractivity contribution in [2.75, 3.05) is 0 Å². The molecule has 0 aliphatic rings. The molecule has 12 heavy (non-hydrogen) atoms. The number of rotatable bonds is 1. The molecular weight excluding hydrogens is 152 g/mol. The predicted octanol–water partition coefficient (Wildman–Crippen LogP) is 1.29. The highest BCUT2D eigenvalue weighted by atomic mass is 16.3. The first kappa shape index (κ1) is 8.59. The highest BCUT2D eigenvalue weighted by Crippen LogP contribution is 2.22. The van der Waals surface area contributed by atoms with Crippen LogP contribution in [0.5, 0.6) is 5.75 Å². The standard InChI is InChI=1S/C9H12N2O/c1-5-3-4-7(12)6(2)8(5)9(10)11/h3-4,12H,1-2H3,(H3,10,11). The third-order valence-electron chi connectivity index (χ3n) is 1.91.